The topological polar surface area (TPSA) is 56.7 Å². The van der Waals surface area contributed by atoms with E-state index in [1.165, 1.54) is 33.4 Å². The molecule has 0 unspecified atom stereocenters. The van der Waals surface area contributed by atoms with Crippen molar-refractivity contribution >= 4 is 38.9 Å². The van der Waals surface area contributed by atoms with Crippen LogP contribution in [0.5, 0.6) is 0 Å². The van der Waals surface area contributed by atoms with Crippen molar-refractivity contribution < 1.29 is 4.42 Å². The van der Waals surface area contributed by atoms with E-state index in [1.54, 1.807) is 0 Å². The molecule has 1 aliphatic carbocycles. The average molecular weight is 719 g/mol. The molecule has 10 aromatic rings. The lowest BCUT2D eigenvalue weighted by molar-refractivity contribution is 0.670. The van der Waals surface area contributed by atoms with E-state index in [1.807, 2.05) is 66.7 Å². The molecule has 0 spiro atoms. The van der Waals surface area contributed by atoms with Gasteiger partial charge in [0, 0.05) is 49.8 Å². The van der Waals surface area contributed by atoms with Crippen molar-refractivity contribution in [1.29, 1.82) is 0 Å². The second kappa shape index (κ2) is 13.2. The normalized spacial score (nSPS) is 12.4. The van der Waals surface area contributed by atoms with Gasteiger partial charge in [-0.1, -0.05) is 146 Å². The van der Waals surface area contributed by atoms with E-state index in [0.717, 1.165) is 68.2 Å². The summed E-state index contributed by atoms with van der Waals surface area (Å²) in [5, 5.41) is 3.34. The Morgan fingerprint density at radius 3 is 1.73 bits per heavy atom. The number of aromatic nitrogens is 4. The fraction of sp³-hybridized carbons (Fsp3) is 0.0392. The van der Waals surface area contributed by atoms with E-state index >= 15 is 0 Å². The lowest BCUT2D eigenvalue weighted by Gasteiger charge is -2.13. The summed E-state index contributed by atoms with van der Waals surface area (Å²) in [5.74, 6) is 1.80. The van der Waals surface area contributed by atoms with Gasteiger partial charge in [-0.25, -0.2) is 15.0 Å². The van der Waals surface area contributed by atoms with Crippen LogP contribution in [0, 0.1) is 0 Å². The smallest absolute Gasteiger partial charge is 0.167 e. The third kappa shape index (κ3) is 5.36. The average Bonchev–Trinajstić information content (AvgIpc) is 3.83. The molecule has 3 aromatic heterocycles. The van der Waals surface area contributed by atoms with Crippen LogP contribution in [0.4, 0.5) is 0 Å². The second-order valence-electron chi connectivity index (χ2n) is 14.3. The lowest BCUT2D eigenvalue weighted by atomic mass is 9.96. The van der Waals surface area contributed by atoms with Crippen LogP contribution in [0.25, 0.3) is 101 Å². The highest BCUT2D eigenvalue weighted by Crippen LogP contribution is 2.41. The SMILES string of the molecule is C1=Cc2c(n(-c3ccccc3)c3ccc(-c4cccc(-c5cccc6c5oc5c(-c7nc(-c8ccccc8)nc(-c8ccccc8)n7)cccc56)c4)cc23)CC1. The molecule has 264 valence electrons. The first-order chi connectivity index (χ1) is 27.8. The molecule has 56 heavy (non-hydrogen) atoms. The molecule has 1 aliphatic rings. The van der Waals surface area contributed by atoms with Crippen molar-refractivity contribution in [2.45, 2.75) is 12.8 Å². The van der Waals surface area contributed by atoms with Crippen molar-refractivity contribution in [3.8, 4) is 62.1 Å². The van der Waals surface area contributed by atoms with Gasteiger partial charge in [0.2, 0.25) is 0 Å². The fourth-order valence-corrected chi connectivity index (χ4v) is 8.29. The number of hydrogen-bond donors (Lipinski definition) is 0. The van der Waals surface area contributed by atoms with E-state index in [4.69, 9.17) is 19.4 Å². The van der Waals surface area contributed by atoms with Crippen LogP contribution in [-0.2, 0) is 6.42 Å². The number of hydrogen-bond acceptors (Lipinski definition) is 4. The highest BCUT2D eigenvalue weighted by atomic mass is 16.3. The summed E-state index contributed by atoms with van der Waals surface area (Å²) in [6, 6.07) is 59.2. The standard InChI is InChI=1S/C51H34N4O/c1-4-15-33(16-5-1)49-52-50(34-17-6-2-7-18-34)54-51(53-49)43-27-14-26-42-41-25-13-24-39(47(41)56-48(42)43)37-20-12-19-35(31-37)36-29-30-46-44(32-36)40-23-10-11-28-45(40)55(46)38-21-8-3-9-22-38/h1-10,12-27,29-32H,11,28H2. The molecule has 0 N–H and O–H groups in total. The Hall–Kier alpha value is -7.37. The molecule has 0 fully saturated rings. The van der Waals surface area contributed by atoms with Crippen molar-refractivity contribution in [1.82, 2.24) is 19.5 Å². The molecule has 0 atom stereocenters. The Labute approximate surface area is 323 Å². The van der Waals surface area contributed by atoms with E-state index in [2.05, 4.69) is 120 Å². The molecular weight excluding hydrogens is 685 g/mol. The molecule has 3 heterocycles. The minimum absolute atomic E-state index is 0.569. The van der Waals surface area contributed by atoms with Crippen LogP contribution in [0.1, 0.15) is 17.7 Å². The molecule has 0 amide bonds. The molecule has 7 aromatic carbocycles. The Kier molecular flexibility index (Phi) is 7.56. The highest BCUT2D eigenvalue weighted by Gasteiger charge is 2.21. The highest BCUT2D eigenvalue weighted by molar-refractivity contribution is 6.13. The summed E-state index contributed by atoms with van der Waals surface area (Å²) >= 11 is 0. The van der Waals surface area contributed by atoms with E-state index in [0.29, 0.717) is 17.5 Å². The quantitative estimate of drug-likeness (QED) is 0.172. The Morgan fingerprint density at radius 1 is 0.446 bits per heavy atom. The van der Waals surface area contributed by atoms with Crippen molar-refractivity contribution in [3.63, 3.8) is 0 Å². The van der Waals surface area contributed by atoms with Crippen LogP contribution in [0.2, 0.25) is 0 Å². The largest absolute Gasteiger partial charge is 0.455 e. The predicted octanol–water partition coefficient (Wildman–Crippen LogP) is 13.0. The minimum atomic E-state index is 0.569. The van der Waals surface area contributed by atoms with Gasteiger partial charge in [0.1, 0.15) is 11.2 Å². The summed E-state index contributed by atoms with van der Waals surface area (Å²) in [6.07, 6.45) is 6.69. The fourth-order valence-electron chi connectivity index (χ4n) is 8.29. The monoisotopic (exact) mass is 718 g/mol. The zero-order valence-corrected chi connectivity index (χ0v) is 30.4. The van der Waals surface area contributed by atoms with E-state index < -0.39 is 0 Å². The number of para-hydroxylation sites is 3. The number of benzene rings is 7. The van der Waals surface area contributed by atoms with Crippen LogP contribution >= 0.6 is 0 Å². The van der Waals surface area contributed by atoms with Crippen molar-refractivity contribution in [2.75, 3.05) is 0 Å². The summed E-state index contributed by atoms with van der Waals surface area (Å²) in [5.41, 5.74) is 13.9. The molecule has 5 nitrogen and oxygen atoms in total. The maximum Gasteiger partial charge on any atom is 0.167 e. The zero-order valence-electron chi connectivity index (χ0n) is 30.4. The van der Waals surface area contributed by atoms with Crippen LogP contribution in [0.15, 0.2) is 180 Å². The molecule has 0 aliphatic heterocycles. The van der Waals surface area contributed by atoms with Gasteiger partial charge in [-0.2, -0.15) is 0 Å². The molecular formula is C51H34N4O. The number of allylic oxidation sites excluding steroid dienone is 1. The third-order valence-electron chi connectivity index (χ3n) is 10.9. The molecule has 5 heteroatoms. The van der Waals surface area contributed by atoms with Crippen molar-refractivity contribution in [3.05, 3.63) is 187 Å². The predicted molar refractivity (Wildman–Crippen MR) is 228 cm³/mol. The van der Waals surface area contributed by atoms with Gasteiger partial charge < -0.3 is 8.98 Å². The Bertz CT molecular complexity index is 3070. The summed E-state index contributed by atoms with van der Waals surface area (Å²) in [4.78, 5) is 15.0. The second-order valence-corrected chi connectivity index (χ2v) is 14.3. The maximum absolute atomic E-state index is 6.91. The molecule has 0 radical (unpaired) electrons. The van der Waals surface area contributed by atoms with Gasteiger partial charge in [0.15, 0.2) is 17.5 Å². The van der Waals surface area contributed by atoms with Crippen LogP contribution in [0.3, 0.4) is 0 Å². The van der Waals surface area contributed by atoms with Crippen molar-refractivity contribution in [2.24, 2.45) is 0 Å². The summed E-state index contributed by atoms with van der Waals surface area (Å²) in [7, 11) is 0. The number of rotatable bonds is 6. The number of fused-ring (bicyclic) bond motifs is 6. The van der Waals surface area contributed by atoms with Gasteiger partial charge in [-0.05, 0) is 65.9 Å². The molecule has 0 bridgehead atoms. The maximum atomic E-state index is 6.91. The van der Waals surface area contributed by atoms with Crippen LogP contribution < -0.4 is 0 Å². The van der Waals surface area contributed by atoms with Gasteiger partial charge in [0.05, 0.1) is 11.1 Å². The number of nitrogens with zero attached hydrogens (tertiary/aromatic N) is 4. The number of furan rings is 1. The van der Waals surface area contributed by atoms with Gasteiger partial charge >= 0.3 is 0 Å². The third-order valence-corrected chi connectivity index (χ3v) is 10.9. The molecule has 0 saturated heterocycles. The first-order valence-electron chi connectivity index (χ1n) is 19.1. The first kappa shape index (κ1) is 32.1. The first-order valence-corrected chi connectivity index (χ1v) is 19.1. The van der Waals surface area contributed by atoms with Gasteiger partial charge in [-0.3, -0.25) is 0 Å². The molecule has 0 saturated carbocycles. The van der Waals surface area contributed by atoms with E-state index in [9.17, 15) is 0 Å². The Balaban J connectivity index is 1.04. The van der Waals surface area contributed by atoms with Crippen LogP contribution in [-0.4, -0.2) is 19.5 Å². The zero-order chi connectivity index (χ0) is 37.0. The summed E-state index contributed by atoms with van der Waals surface area (Å²) < 4.78 is 9.35. The minimum Gasteiger partial charge on any atom is -0.455 e. The van der Waals surface area contributed by atoms with Gasteiger partial charge in [0.25, 0.3) is 0 Å². The van der Waals surface area contributed by atoms with E-state index in [-0.39, 0.29) is 0 Å². The molecule has 11 rings (SSSR count). The van der Waals surface area contributed by atoms with Gasteiger partial charge in [-0.15, -0.1) is 0 Å². The Morgan fingerprint density at radius 2 is 1.02 bits per heavy atom. The lowest BCUT2D eigenvalue weighted by Crippen LogP contribution is -2.02. The summed E-state index contributed by atoms with van der Waals surface area (Å²) in [6.45, 7) is 0.